The Balaban J connectivity index is 2.22. The topological polar surface area (TPSA) is 76.2 Å². The summed E-state index contributed by atoms with van der Waals surface area (Å²) in [6, 6.07) is 14.3. The first kappa shape index (κ1) is 14.5. The van der Waals surface area contributed by atoms with Crippen molar-refractivity contribution in [1.82, 2.24) is 0 Å². The third-order valence-corrected chi connectivity index (χ3v) is 3.15. The van der Waals surface area contributed by atoms with Gasteiger partial charge in [-0.2, -0.15) is 5.26 Å². The van der Waals surface area contributed by atoms with Crippen LogP contribution in [0, 0.1) is 28.4 Å². The molecule has 0 aromatic heterocycles. The van der Waals surface area contributed by atoms with Crippen LogP contribution in [0.5, 0.6) is 5.75 Å². The van der Waals surface area contributed by atoms with Gasteiger partial charge in [-0.3, -0.25) is 10.1 Å². The van der Waals surface area contributed by atoms with E-state index in [-0.39, 0.29) is 24.5 Å². The van der Waals surface area contributed by atoms with Crippen LogP contribution in [0.1, 0.15) is 16.7 Å². The van der Waals surface area contributed by atoms with Crippen molar-refractivity contribution in [2.45, 2.75) is 20.0 Å². The van der Waals surface area contributed by atoms with Gasteiger partial charge in [0.25, 0.3) is 0 Å². The average molecular weight is 282 g/mol. The van der Waals surface area contributed by atoms with Crippen LogP contribution in [0.25, 0.3) is 0 Å². The number of nitrogens with zero attached hydrogens (tertiary/aromatic N) is 2. The Morgan fingerprint density at radius 1 is 1.29 bits per heavy atom. The third kappa shape index (κ3) is 3.57. The molecule has 5 heteroatoms. The van der Waals surface area contributed by atoms with Crippen molar-refractivity contribution >= 4 is 5.69 Å². The summed E-state index contributed by atoms with van der Waals surface area (Å²) < 4.78 is 5.57. The van der Waals surface area contributed by atoms with Crippen molar-refractivity contribution in [3.8, 4) is 11.8 Å². The lowest BCUT2D eigenvalue weighted by molar-refractivity contribution is -0.386. The molecule has 21 heavy (non-hydrogen) atoms. The maximum absolute atomic E-state index is 11.1. The lowest BCUT2D eigenvalue weighted by atomic mass is 10.1. The second-order valence-corrected chi connectivity index (χ2v) is 4.61. The summed E-state index contributed by atoms with van der Waals surface area (Å²) in [4.78, 5) is 10.6. The fourth-order valence-corrected chi connectivity index (χ4v) is 1.96. The highest BCUT2D eigenvalue weighted by molar-refractivity contribution is 5.49. The molecule has 5 nitrogen and oxygen atoms in total. The van der Waals surface area contributed by atoms with Gasteiger partial charge < -0.3 is 4.74 Å². The van der Waals surface area contributed by atoms with Gasteiger partial charge in [0.2, 0.25) is 0 Å². The minimum atomic E-state index is -0.492. The standard InChI is InChI=1S/C16H14N2O3/c1-12-4-2-3-5-14(12)11-21-16-7-6-13(8-9-17)10-15(16)18(19)20/h2-7,10H,8,11H2,1H3. The van der Waals surface area contributed by atoms with Crippen LogP contribution < -0.4 is 4.74 Å². The Morgan fingerprint density at radius 3 is 2.71 bits per heavy atom. The van der Waals surface area contributed by atoms with E-state index in [1.54, 1.807) is 12.1 Å². The molecule has 0 saturated carbocycles. The Morgan fingerprint density at radius 2 is 2.05 bits per heavy atom. The van der Waals surface area contributed by atoms with Gasteiger partial charge >= 0.3 is 5.69 Å². The summed E-state index contributed by atoms with van der Waals surface area (Å²) in [5.74, 6) is 0.213. The zero-order valence-corrected chi connectivity index (χ0v) is 11.6. The molecule has 2 aromatic carbocycles. The first-order valence-corrected chi connectivity index (χ1v) is 6.43. The van der Waals surface area contributed by atoms with Crippen LogP contribution in [0.15, 0.2) is 42.5 Å². The van der Waals surface area contributed by atoms with E-state index >= 15 is 0 Å². The monoisotopic (exact) mass is 282 g/mol. The van der Waals surface area contributed by atoms with Crippen molar-refractivity contribution in [2.24, 2.45) is 0 Å². The number of aryl methyl sites for hydroxylation is 1. The number of rotatable bonds is 5. The van der Waals surface area contributed by atoms with Gasteiger partial charge in [0.1, 0.15) is 6.61 Å². The minimum absolute atomic E-state index is 0.115. The van der Waals surface area contributed by atoms with E-state index in [1.165, 1.54) is 6.07 Å². The Hall–Kier alpha value is -2.87. The number of nitro groups is 1. The molecular weight excluding hydrogens is 268 g/mol. The molecule has 0 N–H and O–H groups in total. The summed E-state index contributed by atoms with van der Waals surface area (Å²) in [6.07, 6.45) is 0.138. The highest BCUT2D eigenvalue weighted by atomic mass is 16.6. The molecule has 0 aliphatic carbocycles. The van der Waals surface area contributed by atoms with Crippen LogP contribution >= 0.6 is 0 Å². The van der Waals surface area contributed by atoms with Crippen LogP contribution in [0.2, 0.25) is 0 Å². The number of hydrogen-bond acceptors (Lipinski definition) is 4. The van der Waals surface area contributed by atoms with Crippen molar-refractivity contribution < 1.29 is 9.66 Å². The van der Waals surface area contributed by atoms with E-state index in [1.807, 2.05) is 37.3 Å². The molecular formula is C16H14N2O3. The summed E-state index contributed by atoms with van der Waals surface area (Å²) in [5.41, 5.74) is 2.54. The van der Waals surface area contributed by atoms with E-state index in [0.29, 0.717) is 5.56 Å². The van der Waals surface area contributed by atoms with E-state index in [4.69, 9.17) is 10.00 Å². The van der Waals surface area contributed by atoms with Crippen molar-refractivity contribution in [3.63, 3.8) is 0 Å². The molecule has 0 saturated heterocycles. The average Bonchev–Trinajstić information content (AvgIpc) is 2.47. The zero-order valence-electron chi connectivity index (χ0n) is 11.6. The van der Waals surface area contributed by atoms with E-state index in [2.05, 4.69) is 0 Å². The van der Waals surface area contributed by atoms with E-state index in [0.717, 1.165) is 11.1 Å². The SMILES string of the molecule is Cc1ccccc1COc1ccc(CC#N)cc1[N+](=O)[O-]. The number of ether oxygens (including phenoxy) is 1. The van der Waals surface area contributed by atoms with Crippen molar-refractivity contribution in [2.75, 3.05) is 0 Å². The molecule has 0 atom stereocenters. The van der Waals surface area contributed by atoms with Gasteiger partial charge in [-0.25, -0.2) is 0 Å². The predicted molar refractivity (Wildman–Crippen MR) is 77.9 cm³/mol. The van der Waals surface area contributed by atoms with Gasteiger partial charge in [0.05, 0.1) is 17.4 Å². The number of nitriles is 1. The Kier molecular flexibility index (Phi) is 4.52. The summed E-state index contributed by atoms with van der Waals surface area (Å²) >= 11 is 0. The second-order valence-electron chi connectivity index (χ2n) is 4.61. The number of benzene rings is 2. The number of hydrogen-bond donors (Lipinski definition) is 0. The highest BCUT2D eigenvalue weighted by Gasteiger charge is 2.16. The summed E-state index contributed by atoms with van der Waals surface area (Å²) in [7, 11) is 0. The first-order valence-electron chi connectivity index (χ1n) is 6.43. The summed E-state index contributed by atoms with van der Waals surface area (Å²) in [5, 5.41) is 19.7. The third-order valence-electron chi connectivity index (χ3n) is 3.15. The quantitative estimate of drug-likeness (QED) is 0.620. The lowest BCUT2D eigenvalue weighted by Gasteiger charge is -2.09. The molecule has 0 aliphatic rings. The summed E-state index contributed by atoms with van der Waals surface area (Å²) in [6.45, 7) is 2.23. The van der Waals surface area contributed by atoms with Crippen LogP contribution in [-0.4, -0.2) is 4.92 Å². The highest BCUT2D eigenvalue weighted by Crippen LogP contribution is 2.29. The molecule has 0 radical (unpaired) electrons. The van der Waals surface area contributed by atoms with Gasteiger partial charge in [-0.15, -0.1) is 0 Å². The molecule has 0 heterocycles. The Labute approximate surface area is 122 Å². The fourth-order valence-electron chi connectivity index (χ4n) is 1.96. The normalized spacial score (nSPS) is 9.90. The maximum atomic E-state index is 11.1. The van der Waals surface area contributed by atoms with E-state index in [9.17, 15) is 10.1 Å². The largest absolute Gasteiger partial charge is 0.482 e. The van der Waals surface area contributed by atoms with Gasteiger partial charge in [-0.05, 0) is 29.7 Å². The van der Waals surface area contributed by atoms with Crippen molar-refractivity contribution in [3.05, 3.63) is 69.3 Å². The van der Waals surface area contributed by atoms with Crippen LogP contribution in [0.4, 0.5) is 5.69 Å². The van der Waals surface area contributed by atoms with Crippen LogP contribution in [0.3, 0.4) is 0 Å². The molecule has 0 unspecified atom stereocenters. The van der Waals surface area contributed by atoms with Gasteiger partial charge in [-0.1, -0.05) is 30.3 Å². The van der Waals surface area contributed by atoms with E-state index < -0.39 is 4.92 Å². The maximum Gasteiger partial charge on any atom is 0.311 e. The van der Waals surface area contributed by atoms with Gasteiger partial charge in [0.15, 0.2) is 5.75 Å². The van der Waals surface area contributed by atoms with Crippen LogP contribution in [-0.2, 0) is 13.0 Å². The molecule has 106 valence electrons. The first-order chi connectivity index (χ1) is 10.1. The molecule has 0 bridgehead atoms. The zero-order chi connectivity index (χ0) is 15.2. The Bertz CT molecular complexity index is 705. The molecule has 2 aromatic rings. The predicted octanol–water partition coefficient (Wildman–Crippen LogP) is 3.55. The second kappa shape index (κ2) is 6.53. The molecule has 2 rings (SSSR count). The van der Waals surface area contributed by atoms with Crippen molar-refractivity contribution in [1.29, 1.82) is 5.26 Å². The smallest absolute Gasteiger partial charge is 0.311 e. The fraction of sp³-hybridized carbons (Fsp3) is 0.188. The number of nitro benzene ring substituents is 1. The minimum Gasteiger partial charge on any atom is -0.482 e. The molecule has 0 fully saturated rings. The van der Waals surface area contributed by atoms with Gasteiger partial charge in [0, 0.05) is 6.07 Å². The molecule has 0 spiro atoms. The lowest BCUT2D eigenvalue weighted by Crippen LogP contribution is -2.01. The molecule has 0 aliphatic heterocycles. The molecule has 0 amide bonds.